The number of ether oxygens (including phenoxy) is 2. The zero-order chi connectivity index (χ0) is 9.19. The summed E-state index contributed by atoms with van der Waals surface area (Å²) < 4.78 is 10.5. The Morgan fingerprint density at radius 2 is 2.25 bits per heavy atom. The van der Waals surface area contributed by atoms with Gasteiger partial charge in [0, 0.05) is 5.41 Å². The van der Waals surface area contributed by atoms with Crippen molar-refractivity contribution in [1.82, 2.24) is 0 Å². The summed E-state index contributed by atoms with van der Waals surface area (Å²) in [5.41, 5.74) is 0.0922. The van der Waals surface area contributed by atoms with E-state index in [-0.39, 0.29) is 5.41 Å². The number of rotatable bonds is 5. The van der Waals surface area contributed by atoms with Gasteiger partial charge in [-0.25, -0.2) is 0 Å². The summed E-state index contributed by atoms with van der Waals surface area (Å²) in [6, 6.07) is 0. The van der Waals surface area contributed by atoms with Crippen LogP contribution in [0.2, 0.25) is 0 Å². The van der Waals surface area contributed by atoms with Crippen LogP contribution in [-0.2, 0) is 9.47 Å². The van der Waals surface area contributed by atoms with Crippen LogP contribution in [0, 0.1) is 5.41 Å². The summed E-state index contributed by atoms with van der Waals surface area (Å²) in [6.07, 6.45) is 1.38. The highest BCUT2D eigenvalue weighted by molar-refractivity contribution is 4.98. The molecule has 0 aromatic carbocycles. The molecule has 0 aromatic heterocycles. The minimum Gasteiger partial charge on any atom is -0.495 e. The van der Waals surface area contributed by atoms with Crippen molar-refractivity contribution in [2.45, 2.75) is 33.3 Å². The van der Waals surface area contributed by atoms with Crippen LogP contribution in [0.25, 0.3) is 0 Å². The molecule has 0 amide bonds. The summed E-state index contributed by atoms with van der Waals surface area (Å²) in [5.74, 6) is 0.875. The minimum absolute atomic E-state index is 0.0922. The molecule has 1 heterocycles. The van der Waals surface area contributed by atoms with Crippen LogP contribution in [0.5, 0.6) is 0 Å². The molecule has 0 saturated carbocycles. The Morgan fingerprint density at radius 1 is 1.67 bits per heavy atom. The lowest BCUT2D eigenvalue weighted by Gasteiger charge is -2.25. The van der Waals surface area contributed by atoms with Gasteiger partial charge in [-0.3, -0.25) is 0 Å². The summed E-state index contributed by atoms with van der Waals surface area (Å²) in [6.45, 7) is 11.9. The third-order valence-electron chi connectivity index (χ3n) is 2.48. The van der Waals surface area contributed by atoms with Crippen LogP contribution >= 0.6 is 0 Å². The van der Waals surface area contributed by atoms with Crippen molar-refractivity contribution in [3.63, 3.8) is 0 Å². The van der Waals surface area contributed by atoms with E-state index in [1.807, 2.05) is 0 Å². The van der Waals surface area contributed by atoms with Crippen LogP contribution in [0.3, 0.4) is 0 Å². The monoisotopic (exact) mass is 170 g/mol. The molecule has 1 aliphatic rings. The van der Waals surface area contributed by atoms with E-state index in [4.69, 9.17) is 9.47 Å². The lowest BCUT2D eigenvalue weighted by atomic mass is 9.88. The van der Waals surface area contributed by atoms with E-state index in [1.54, 1.807) is 0 Å². The topological polar surface area (TPSA) is 21.8 Å². The van der Waals surface area contributed by atoms with Crippen molar-refractivity contribution in [3.8, 4) is 0 Å². The Hall–Kier alpha value is -0.500. The highest BCUT2D eigenvalue weighted by atomic mass is 16.6. The molecule has 0 aliphatic carbocycles. The molecule has 1 saturated heterocycles. The number of allylic oxidation sites excluding steroid dienone is 1. The van der Waals surface area contributed by atoms with Gasteiger partial charge in [0.1, 0.15) is 12.7 Å². The summed E-state index contributed by atoms with van der Waals surface area (Å²) in [7, 11) is 0. The summed E-state index contributed by atoms with van der Waals surface area (Å²) >= 11 is 0. The molecule has 1 rings (SSSR count). The van der Waals surface area contributed by atoms with Gasteiger partial charge in [-0.05, 0) is 6.42 Å². The largest absolute Gasteiger partial charge is 0.495 e. The molecule has 1 fully saturated rings. The van der Waals surface area contributed by atoms with Gasteiger partial charge >= 0.3 is 0 Å². The third-order valence-corrected chi connectivity index (χ3v) is 2.48. The Bertz CT molecular complexity index is 169. The van der Waals surface area contributed by atoms with Crippen LogP contribution in [0.4, 0.5) is 0 Å². The fraction of sp³-hybridized carbons (Fsp3) is 0.800. The molecule has 0 aromatic rings. The second kappa shape index (κ2) is 3.48. The first kappa shape index (κ1) is 9.59. The Morgan fingerprint density at radius 3 is 2.67 bits per heavy atom. The Kier molecular flexibility index (Phi) is 2.78. The first-order chi connectivity index (χ1) is 5.56. The minimum atomic E-state index is 0.0922. The molecule has 2 nitrogen and oxygen atoms in total. The second-order valence-electron chi connectivity index (χ2n) is 3.93. The Balaban J connectivity index is 2.25. The van der Waals surface area contributed by atoms with Gasteiger partial charge in [0.15, 0.2) is 0 Å². The maximum atomic E-state index is 5.50. The van der Waals surface area contributed by atoms with E-state index in [9.17, 15) is 0 Å². The van der Waals surface area contributed by atoms with Crippen LogP contribution < -0.4 is 0 Å². The van der Waals surface area contributed by atoms with E-state index in [0.29, 0.717) is 12.7 Å². The van der Waals surface area contributed by atoms with E-state index < -0.39 is 0 Å². The first-order valence-corrected chi connectivity index (χ1v) is 4.50. The van der Waals surface area contributed by atoms with Gasteiger partial charge in [-0.2, -0.15) is 0 Å². The maximum absolute atomic E-state index is 5.50. The van der Waals surface area contributed by atoms with Crippen LogP contribution in [0.1, 0.15) is 27.2 Å². The molecule has 1 aliphatic heterocycles. The lowest BCUT2D eigenvalue weighted by Crippen LogP contribution is -2.16. The van der Waals surface area contributed by atoms with E-state index in [2.05, 4.69) is 27.4 Å². The number of hydrogen-bond donors (Lipinski definition) is 0. The molecule has 70 valence electrons. The molecule has 2 heteroatoms. The van der Waals surface area contributed by atoms with Crippen molar-refractivity contribution < 1.29 is 9.47 Å². The van der Waals surface area contributed by atoms with Gasteiger partial charge in [0.05, 0.1) is 12.4 Å². The lowest BCUT2D eigenvalue weighted by molar-refractivity contribution is 0.126. The molecular weight excluding hydrogens is 152 g/mol. The van der Waals surface area contributed by atoms with Gasteiger partial charge in [0.2, 0.25) is 0 Å². The Labute approximate surface area is 74.6 Å². The molecule has 1 unspecified atom stereocenters. The highest BCUT2D eigenvalue weighted by Gasteiger charge is 2.26. The first-order valence-electron chi connectivity index (χ1n) is 4.50. The summed E-state index contributed by atoms with van der Waals surface area (Å²) in [4.78, 5) is 0. The fourth-order valence-electron chi connectivity index (χ4n) is 0.750. The summed E-state index contributed by atoms with van der Waals surface area (Å²) in [5, 5.41) is 0. The van der Waals surface area contributed by atoms with Crippen molar-refractivity contribution in [1.29, 1.82) is 0 Å². The van der Waals surface area contributed by atoms with Crippen molar-refractivity contribution in [3.05, 3.63) is 12.3 Å². The molecule has 0 spiro atoms. The molecular formula is C10H18O2. The molecule has 0 radical (unpaired) electrons. The second-order valence-corrected chi connectivity index (χ2v) is 3.93. The zero-order valence-electron chi connectivity index (χ0n) is 8.22. The highest BCUT2D eigenvalue weighted by Crippen LogP contribution is 2.29. The zero-order valence-corrected chi connectivity index (χ0v) is 8.22. The molecule has 0 bridgehead atoms. The maximum Gasteiger partial charge on any atom is 0.116 e. The van der Waals surface area contributed by atoms with Gasteiger partial charge in [-0.15, -0.1) is 0 Å². The van der Waals surface area contributed by atoms with Gasteiger partial charge in [0.25, 0.3) is 0 Å². The normalized spacial score (nSPS) is 22.1. The van der Waals surface area contributed by atoms with Crippen molar-refractivity contribution in [2.24, 2.45) is 5.41 Å². The van der Waals surface area contributed by atoms with E-state index in [0.717, 1.165) is 18.8 Å². The SMILES string of the molecule is C=C(OCC1CO1)C(C)(C)CC. The number of epoxide rings is 1. The van der Waals surface area contributed by atoms with Crippen LogP contribution in [0.15, 0.2) is 12.3 Å². The van der Waals surface area contributed by atoms with Crippen molar-refractivity contribution in [2.75, 3.05) is 13.2 Å². The van der Waals surface area contributed by atoms with E-state index >= 15 is 0 Å². The fourth-order valence-corrected chi connectivity index (χ4v) is 0.750. The predicted octanol–water partition coefficient (Wildman–Crippen LogP) is 2.35. The number of hydrogen-bond acceptors (Lipinski definition) is 2. The average Bonchev–Trinajstić information content (AvgIpc) is 2.83. The third kappa shape index (κ3) is 2.52. The molecule has 12 heavy (non-hydrogen) atoms. The predicted molar refractivity (Wildman–Crippen MR) is 48.9 cm³/mol. The van der Waals surface area contributed by atoms with Crippen molar-refractivity contribution >= 4 is 0 Å². The molecule has 0 N–H and O–H groups in total. The quantitative estimate of drug-likeness (QED) is 0.466. The smallest absolute Gasteiger partial charge is 0.116 e. The van der Waals surface area contributed by atoms with Gasteiger partial charge < -0.3 is 9.47 Å². The van der Waals surface area contributed by atoms with Crippen LogP contribution in [-0.4, -0.2) is 19.3 Å². The average molecular weight is 170 g/mol. The molecule has 1 atom stereocenters. The van der Waals surface area contributed by atoms with Gasteiger partial charge in [-0.1, -0.05) is 27.4 Å². The standard InChI is InChI=1S/C10H18O2/c1-5-10(3,4)8(2)11-6-9-7-12-9/h9H,2,5-7H2,1,3-4H3. The van der Waals surface area contributed by atoms with E-state index in [1.165, 1.54) is 0 Å².